The maximum atomic E-state index is 7.43. The molecule has 0 aliphatic heterocycles. The molecule has 0 fully saturated rings. The summed E-state index contributed by atoms with van der Waals surface area (Å²) in [4.78, 5) is 7.86. The van der Waals surface area contributed by atoms with Gasteiger partial charge in [0.25, 0.3) is 6.33 Å². The first-order valence-corrected chi connectivity index (χ1v) is 7.44. The molecule has 0 radical (unpaired) electrons. The molecule has 0 aliphatic carbocycles. The Morgan fingerprint density at radius 3 is 2.30 bits per heavy atom. The third-order valence-electron chi connectivity index (χ3n) is 4.01. The van der Waals surface area contributed by atoms with E-state index < -0.39 is 0 Å². The van der Waals surface area contributed by atoms with Gasteiger partial charge in [-0.1, -0.05) is 11.1 Å². The van der Waals surface area contributed by atoms with E-state index in [-0.39, 0.29) is 0 Å². The van der Waals surface area contributed by atoms with Gasteiger partial charge in [-0.15, -0.1) is 0 Å². The number of benzene rings is 1. The van der Waals surface area contributed by atoms with Crippen molar-refractivity contribution in [2.24, 2.45) is 0 Å². The van der Waals surface area contributed by atoms with Crippen LogP contribution in [-0.4, -0.2) is 4.98 Å². The number of rotatable bonds is 2. The molecule has 0 unspecified atom stereocenters. The highest BCUT2D eigenvalue weighted by Crippen LogP contribution is 2.23. The topological polar surface area (TPSA) is 25.0 Å². The lowest BCUT2D eigenvalue weighted by Crippen LogP contribution is -2.39. The van der Waals surface area contributed by atoms with E-state index in [0.717, 1.165) is 28.3 Å². The van der Waals surface area contributed by atoms with Crippen LogP contribution in [0, 0.1) is 27.3 Å². The number of aryl methyl sites for hydroxylation is 2. The van der Waals surface area contributed by atoms with Gasteiger partial charge in [-0.2, -0.15) is 4.57 Å². The van der Waals surface area contributed by atoms with Crippen LogP contribution in [0.5, 0.6) is 0 Å². The van der Waals surface area contributed by atoms with Crippen molar-refractivity contribution in [3.63, 3.8) is 0 Å². The van der Waals surface area contributed by atoms with Gasteiger partial charge in [0.15, 0.2) is 17.6 Å². The molecule has 4 heteroatoms. The molecule has 0 spiro atoms. The van der Waals surface area contributed by atoms with Gasteiger partial charge in [-0.25, -0.2) is 9.41 Å². The number of hydrogen-bond donors (Lipinski definition) is 0. The Balaban J connectivity index is 2.32. The highest BCUT2D eigenvalue weighted by Gasteiger charge is 2.21. The smallest absolute Gasteiger partial charge is 0.238 e. The highest BCUT2D eigenvalue weighted by atomic mass is 15.0. The second-order valence-electron chi connectivity index (χ2n) is 5.52. The van der Waals surface area contributed by atoms with E-state index in [9.17, 15) is 0 Å². The molecule has 1 aromatic carbocycles. The minimum Gasteiger partial charge on any atom is -0.238 e. The van der Waals surface area contributed by atoms with E-state index in [1.54, 1.807) is 12.5 Å². The lowest BCUT2D eigenvalue weighted by Gasteiger charge is -2.09. The van der Waals surface area contributed by atoms with Crippen LogP contribution in [0.1, 0.15) is 17.0 Å². The maximum absolute atomic E-state index is 7.43. The van der Waals surface area contributed by atoms with Crippen molar-refractivity contribution in [2.75, 3.05) is 0 Å². The normalized spacial score (nSPS) is 10.3. The molecule has 0 aliphatic rings. The molecule has 112 valence electrons. The van der Waals surface area contributed by atoms with E-state index in [1.165, 1.54) is 0 Å². The van der Waals surface area contributed by atoms with Crippen molar-refractivity contribution in [1.29, 1.82) is 0 Å². The Bertz CT molecular complexity index is 856. The van der Waals surface area contributed by atoms with Crippen molar-refractivity contribution in [1.82, 2.24) is 4.98 Å². The molecule has 0 saturated heterocycles. The lowest BCUT2D eigenvalue weighted by molar-refractivity contribution is -0.613. The minimum absolute atomic E-state index is 0.618. The Morgan fingerprint density at radius 2 is 1.65 bits per heavy atom. The van der Waals surface area contributed by atoms with Crippen LogP contribution in [0.25, 0.3) is 16.2 Å². The fourth-order valence-electron chi connectivity index (χ4n) is 2.71. The van der Waals surface area contributed by atoms with Crippen LogP contribution >= 0.6 is 0 Å². The highest BCUT2D eigenvalue weighted by molar-refractivity contribution is 5.59. The predicted octanol–water partition coefficient (Wildman–Crippen LogP) is 3.11. The first-order valence-electron chi connectivity index (χ1n) is 7.44. The average molecular weight is 302 g/mol. The van der Waals surface area contributed by atoms with Crippen molar-refractivity contribution < 1.29 is 9.13 Å². The quantitative estimate of drug-likeness (QED) is 0.527. The minimum atomic E-state index is 0.618. The summed E-state index contributed by atoms with van der Waals surface area (Å²) in [6.45, 7) is 13.6. The zero-order valence-corrected chi connectivity index (χ0v) is 13.5. The Morgan fingerprint density at radius 1 is 0.957 bits per heavy atom. The summed E-state index contributed by atoms with van der Waals surface area (Å²) in [5, 5.41) is 0. The summed E-state index contributed by atoms with van der Waals surface area (Å²) in [5.41, 5.74) is 5.92. The Labute approximate surface area is 136 Å². The zero-order valence-electron chi connectivity index (χ0n) is 13.5. The predicted molar refractivity (Wildman–Crippen MR) is 87.8 cm³/mol. The maximum Gasteiger partial charge on any atom is 0.291 e. The van der Waals surface area contributed by atoms with Crippen LogP contribution < -0.4 is 9.13 Å². The van der Waals surface area contributed by atoms with Crippen LogP contribution in [0.2, 0.25) is 0 Å². The Hall–Kier alpha value is -3.06. The first kappa shape index (κ1) is 14.9. The summed E-state index contributed by atoms with van der Waals surface area (Å²) in [6, 6.07) is 11.9. The van der Waals surface area contributed by atoms with E-state index >= 15 is 0 Å². The van der Waals surface area contributed by atoms with Crippen molar-refractivity contribution in [3.05, 3.63) is 83.5 Å². The van der Waals surface area contributed by atoms with E-state index in [0.29, 0.717) is 5.69 Å². The van der Waals surface area contributed by atoms with Gasteiger partial charge >= 0.3 is 0 Å². The SMILES string of the molecule is [C-]#[N+]c1cc(-[n+]2ccccc2C)c(C)c(-[n+]2cnccc2C)c1. The fraction of sp³-hybridized carbons (Fsp3) is 0.158. The van der Waals surface area contributed by atoms with Crippen molar-refractivity contribution >= 4 is 5.69 Å². The number of nitrogens with zero attached hydrogens (tertiary/aromatic N) is 4. The molecule has 2 aromatic heterocycles. The summed E-state index contributed by atoms with van der Waals surface area (Å²) in [6.07, 6.45) is 5.59. The molecule has 23 heavy (non-hydrogen) atoms. The standard InChI is InChI=1S/C19H18N4/c1-14-7-5-6-10-22(14)18-11-17(20-4)12-19(16(18)3)23-13-21-9-8-15(23)2/h5-13H,1-3H3/q+2. The molecule has 3 aromatic rings. The van der Waals surface area contributed by atoms with Gasteiger partial charge in [-0.05, 0) is 19.9 Å². The van der Waals surface area contributed by atoms with E-state index in [2.05, 4.69) is 34.3 Å². The van der Waals surface area contributed by atoms with Gasteiger partial charge in [0.05, 0.1) is 12.1 Å². The molecule has 4 nitrogen and oxygen atoms in total. The van der Waals surface area contributed by atoms with Crippen LogP contribution in [0.15, 0.2) is 55.1 Å². The number of aromatic nitrogens is 3. The molecule has 0 amide bonds. The largest absolute Gasteiger partial charge is 0.291 e. The van der Waals surface area contributed by atoms with Crippen molar-refractivity contribution in [3.8, 4) is 11.4 Å². The molecule has 0 N–H and O–H groups in total. The molecule has 0 saturated carbocycles. The van der Waals surface area contributed by atoms with Gasteiger partial charge in [0.1, 0.15) is 17.6 Å². The van der Waals surface area contributed by atoms with Crippen LogP contribution in [-0.2, 0) is 0 Å². The second-order valence-corrected chi connectivity index (χ2v) is 5.52. The summed E-state index contributed by atoms with van der Waals surface area (Å²) >= 11 is 0. The van der Waals surface area contributed by atoms with Gasteiger partial charge < -0.3 is 0 Å². The average Bonchev–Trinajstić information content (AvgIpc) is 2.57. The summed E-state index contributed by atoms with van der Waals surface area (Å²) < 4.78 is 4.13. The molecule has 0 bridgehead atoms. The first-order chi connectivity index (χ1) is 11.1. The fourth-order valence-corrected chi connectivity index (χ4v) is 2.71. The van der Waals surface area contributed by atoms with Gasteiger partial charge in [-0.3, -0.25) is 0 Å². The second kappa shape index (κ2) is 5.98. The van der Waals surface area contributed by atoms with Crippen LogP contribution in [0.4, 0.5) is 5.69 Å². The number of hydrogen-bond acceptors (Lipinski definition) is 1. The molecule has 3 rings (SSSR count). The van der Waals surface area contributed by atoms with E-state index in [1.807, 2.05) is 48.0 Å². The molecular formula is C19H18N4+2. The third kappa shape index (κ3) is 2.69. The zero-order chi connectivity index (χ0) is 16.4. The Kier molecular flexibility index (Phi) is 3.86. The number of pyridine rings is 1. The van der Waals surface area contributed by atoms with Gasteiger partial charge in [0.2, 0.25) is 5.69 Å². The molecule has 0 atom stereocenters. The van der Waals surface area contributed by atoms with Crippen molar-refractivity contribution in [2.45, 2.75) is 20.8 Å². The third-order valence-corrected chi connectivity index (χ3v) is 4.01. The lowest BCUT2D eigenvalue weighted by atomic mass is 10.1. The molecular weight excluding hydrogens is 284 g/mol. The summed E-state index contributed by atoms with van der Waals surface area (Å²) in [5.74, 6) is 0. The molecule has 2 heterocycles. The van der Waals surface area contributed by atoms with E-state index in [4.69, 9.17) is 6.57 Å². The monoisotopic (exact) mass is 302 g/mol. The van der Waals surface area contributed by atoms with Gasteiger partial charge in [0, 0.05) is 31.2 Å². The summed E-state index contributed by atoms with van der Waals surface area (Å²) in [7, 11) is 0. The van der Waals surface area contributed by atoms with Crippen LogP contribution in [0.3, 0.4) is 0 Å².